The average molecular weight is 272 g/mol. The summed E-state index contributed by atoms with van der Waals surface area (Å²) in [5.41, 5.74) is 2.43. The number of nitrogens with one attached hydrogen (secondary N) is 1. The number of carbonyl (C=O) groups excluding carboxylic acids is 1. The number of thiophene rings is 1. The van der Waals surface area contributed by atoms with Crippen LogP contribution >= 0.6 is 11.3 Å². The summed E-state index contributed by atoms with van der Waals surface area (Å²) in [4.78, 5) is 15.4. The van der Waals surface area contributed by atoms with Crippen LogP contribution in [0.15, 0.2) is 41.8 Å². The summed E-state index contributed by atoms with van der Waals surface area (Å²) in [5, 5.41) is 5.09. The standard InChI is InChI=1S/C15H16N2OS/c18-15(16-10-12-4-2-1-3-5-12)17-8-6-14-13(11-17)7-9-19-14/h1-5,7,9H,6,8,10-11H2,(H,16,18). The van der Waals surface area contributed by atoms with Gasteiger partial charge in [0, 0.05) is 24.5 Å². The van der Waals surface area contributed by atoms with E-state index in [1.165, 1.54) is 10.4 Å². The van der Waals surface area contributed by atoms with Crippen LogP contribution in [0.3, 0.4) is 0 Å². The zero-order chi connectivity index (χ0) is 13.1. The van der Waals surface area contributed by atoms with E-state index in [9.17, 15) is 4.79 Å². The fraction of sp³-hybridized carbons (Fsp3) is 0.267. The van der Waals surface area contributed by atoms with Crippen LogP contribution in [0.2, 0.25) is 0 Å². The Bertz CT molecular complexity index is 565. The van der Waals surface area contributed by atoms with Gasteiger partial charge in [0.05, 0.1) is 0 Å². The predicted molar refractivity (Wildman–Crippen MR) is 77.1 cm³/mol. The molecule has 0 radical (unpaired) electrons. The molecular formula is C15H16N2OS. The monoisotopic (exact) mass is 272 g/mol. The second-order valence-electron chi connectivity index (χ2n) is 4.68. The first-order chi connectivity index (χ1) is 9.33. The Kier molecular flexibility index (Phi) is 3.51. The van der Waals surface area contributed by atoms with Gasteiger partial charge >= 0.3 is 6.03 Å². The number of hydrogen-bond acceptors (Lipinski definition) is 2. The largest absolute Gasteiger partial charge is 0.334 e. The first-order valence-electron chi connectivity index (χ1n) is 6.45. The lowest BCUT2D eigenvalue weighted by molar-refractivity contribution is 0.192. The first-order valence-corrected chi connectivity index (χ1v) is 7.33. The third-order valence-corrected chi connectivity index (χ3v) is 4.40. The van der Waals surface area contributed by atoms with E-state index in [0.717, 1.165) is 25.1 Å². The third-order valence-electron chi connectivity index (χ3n) is 3.38. The summed E-state index contributed by atoms with van der Waals surface area (Å²) in [6.45, 7) is 2.14. The molecule has 98 valence electrons. The molecule has 0 saturated carbocycles. The van der Waals surface area contributed by atoms with Gasteiger partial charge in [-0.25, -0.2) is 4.79 Å². The van der Waals surface area contributed by atoms with Crippen LogP contribution in [0.25, 0.3) is 0 Å². The van der Waals surface area contributed by atoms with Crippen LogP contribution in [0, 0.1) is 0 Å². The van der Waals surface area contributed by atoms with Crippen molar-refractivity contribution >= 4 is 17.4 Å². The zero-order valence-electron chi connectivity index (χ0n) is 10.6. The fourth-order valence-corrected chi connectivity index (χ4v) is 3.20. The molecule has 2 heterocycles. The SMILES string of the molecule is O=C(NCc1ccccc1)N1CCc2sccc2C1. The molecule has 1 aliphatic rings. The maximum atomic E-state index is 12.1. The minimum absolute atomic E-state index is 0.0284. The molecule has 19 heavy (non-hydrogen) atoms. The smallest absolute Gasteiger partial charge is 0.317 e. The van der Waals surface area contributed by atoms with Gasteiger partial charge in [-0.1, -0.05) is 30.3 Å². The summed E-state index contributed by atoms with van der Waals surface area (Å²) in [6, 6.07) is 12.1. The highest BCUT2D eigenvalue weighted by molar-refractivity contribution is 7.10. The van der Waals surface area contributed by atoms with Gasteiger partial charge in [-0.2, -0.15) is 0 Å². The van der Waals surface area contributed by atoms with E-state index in [0.29, 0.717) is 6.54 Å². The van der Waals surface area contributed by atoms with Gasteiger partial charge in [0.15, 0.2) is 0 Å². The predicted octanol–water partition coefficient (Wildman–Crippen LogP) is 3.02. The number of hydrogen-bond donors (Lipinski definition) is 1. The maximum absolute atomic E-state index is 12.1. The van der Waals surface area contributed by atoms with Crippen molar-refractivity contribution in [2.45, 2.75) is 19.5 Å². The molecule has 0 spiro atoms. The number of amides is 2. The number of carbonyl (C=O) groups is 1. The van der Waals surface area contributed by atoms with Crippen LogP contribution in [-0.4, -0.2) is 17.5 Å². The van der Waals surface area contributed by atoms with Crippen LogP contribution < -0.4 is 5.32 Å². The number of rotatable bonds is 2. The second kappa shape index (κ2) is 5.45. The van der Waals surface area contributed by atoms with Gasteiger partial charge in [-0.3, -0.25) is 0 Å². The molecule has 1 N–H and O–H groups in total. The molecule has 0 unspecified atom stereocenters. The van der Waals surface area contributed by atoms with E-state index in [2.05, 4.69) is 16.8 Å². The lowest BCUT2D eigenvalue weighted by Gasteiger charge is -2.27. The third kappa shape index (κ3) is 2.79. The van der Waals surface area contributed by atoms with E-state index in [4.69, 9.17) is 0 Å². The molecule has 1 aliphatic heterocycles. The van der Waals surface area contributed by atoms with E-state index in [-0.39, 0.29) is 6.03 Å². The Labute approximate surface area is 116 Å². The highest BCUT2D eigenvalue weighted by Gasteiger charge is 2.20. The molecule has 1 aromatic carbocycles. The molecule has 0 fully saturated rings. The van der Waals surface area contributed by atoms with Gasteiger partial charge in [0.1, 0.15) is 0 Å². The number of fused-ring (bicyclic) bond motifs is 1. The Balaban J connectivity index is 1.57. The van der Waals surface area contributed by atoms with Gasteiger partial charge in [-0.05, 0) is 29.0 Å². The van der Waals surface area contributed by atoms with Crippen LogP contribution in [0.1, 0.15) is 16.0 Å². The summed E-state index contributed by atoms with van der Waals surface area (Å²) in [7, 11) is 0. The zero-order valence-corrected chi connectivity index (χ0v) is 11.5. The van der Waals surface area contributed by atoms with Crippen molar-refractivity contribution < 1.29 is 4.79 Å². The van der Waals surface area contributed by atoms with Gasteiger partial charge in [0.25, 0.3) is 0 Å². The lowest BCUT2D eigenvalue weighted by Crippen LogP contribution is -2.42. The quantitative estimate of drug-likeness (QED) is 0.895. The van der Waals surface area contributed by atoms with Crippen LogP contribution in [0.5, 0.6) is 0 Å². The topological polar surface area (TPSA) is 32.3 Å². The summed E-state index contributed by atoms with van der Waals surface area (Å²) >= 11 is 1.79. The first kappa shape index (κ1) is 12.2. The minimum atomic E-state index is 0.0284. The van der Waals surface area contributed by atoms with E-state index in [1.807, 2.05) is 35.2 Å². The van der Waals surface area contributed by atoms with E-state index >= 15 is 0 Å². The molecule has 1 aromatic heterocycles. The fourth-order valence-electron chi connectivity index (χ4n) is 2.31. The van der Waals surface area contributed by atoms with Crippen molar-refractivity contribution in [2.75, 3.05) is 6.54 Å². The van der Waals surface area contributed by atoms with E-state index < -0.39 is 0 Å². The molecule has 0 atom stereocenters. The number of benzene rings is 1. The van der Waals surface area contributed by atoms with Crippen molar-refractivity contribution in [1.29, 1.82) is 0 Å². The van der Waals surface area contributed by atoms with E-state index in [1.54, 1.807) is 11.3 Å². The molecule has 3 nitrogen and oxygen atoms in total. The summed E-state index contributed by atoms with van der Waals surface area (Å²) < 4.78 is 0. The summed E-state index contributed by atoms with van der Waals surface area (Å²) in [6.07, 6.45) is 0.978. The molecule has 0 saturated heterocycles. The molecule has 2 aromatic rings. The van der Waals surface area contributed by atoms with Crippen LogP contribution in [0.4, 0.5) is 4.79 Å². The number of nitrogens with zero attached hydrogens (tertiary/aromatic N) is 1. The highest BCUT2D eigenvalue weighted by Crippen LogP contribution is 2.23. The van der Waals surface area contributed by atoms with Gasteiger partial charge < -0.3 is 10.2 Å². The Morgan fingerprint density at radius 2 is 2.11 bits per heavy atom. The number of urea groups is 1. The van der Waals surface area contributed by atoms with Crippen molar-refractivity contribution in [3.8, 4) is 0 Å². The van der Waals surface area contributed by atoms with Crippen molar-refractivity contribution in [2.24, 2.45) is 0 Å². The molecule has 0 bridgehead atoms. The molecule has 4 heteroatoms. The highest BCUT2D eigenvalue weighted by atomic mass is 32.1. The normalized spacial score (nSPS) is 14.0. The Hall–Kier alpha value is -1.81. The van der Waals surface area contributed by atoms with Crippen molar-refractivity contribution in [3.05, 3.63) is 57.8 Å². The Morgan fingerprint density at radius 3 is 2.95 bits per heavy atom. The second-order valence-corrected chi connectivity index (χ2v) is 5.69. The average Bonchev–Trinajstić information content (AvgIpc) is 2.93. The molecular weight excluding hydrogens is 256 g/mol. The lowest BCUT2D eigenvalue weighted by atomic mass is 10.1. The van der Waals surface area contributed by atoms with Crippen molar-refractivity contribution in [3.63, 3.8) is 0 Å². The molecule has 3 rings (SSSR count). The van der Waals surface area contributed by atoms with Gasteiger partial charge in [-0.15, -0.1) is 11.3 Å². The van der Waals surface area contributed by atoms with Gasteiger partial charge in [0.2, 0.25) is 0 Å². The molecule has 2 amide bonds. The summed E-state index contributed by atoms with van der Waals surface area (Å²) in [5.74, 6) is 0. The van der Waals surface area contributed by atoms with Crippen LogP contribution in [-0.2, 0) is 19.5 Å². The Morgan fingerprint density at radius 1 is 1.26 bits per heavy atom. The molecule has 0 aliphatic carbocycles. The van der Waals surface area contributed by atoms with Crippen molar-refractivity contribution in [1.82, 2.24) is 10.2 Å². The minimum Gasteiger partial charge on any atom is -0.334 e. The maximum Gasteiger partial charge on any atom is 0.317 e.